The average Bonchev–Trinajstić information content (AvgIpc) is 4.32. The quantitative estimate of drug-likeness (QED) is 0.136. The van der Waals surface area contributed by atoms with Gasteiger partial charge in [-0.1, -0.05) is 249 Å². The minimum atomic E-state index is 0.900. The topological polar surface area (TPSA) is 21.3 Å². The number of para-hydroxylation sites is 4. The van der Waals surface area contributed by atoms with E-state index in [4.69, 9.17) is 4.42 Å². The molecule has 0 fully saturated rings. The summed E-state index contributed by atoms with van der Waals surface area (Å²) in [7, 11) is 0. The van der Waals surface area contributed by atoms with Crippen molar-refractivity contribution in [3.63, 3.8) is 0 Å². The van der Waals surface area contributed by atoms with Crippen LogP contribution in [0.25, 0.3) is 127 Å². The van der Waals surface area contributed by atoms with Crippen LogP contribution < -0.4 is 4.90 Å². The molecular weight excluding hydrogens is 957 g/mol. The van der Waals surface area contributed by atoms with Crippen LogP contribution in [0.15, 0.2) is 308 Å². The largest absolute Gasteiger partial charge is 0.455 e. The first-order chi connectivity index (χ1) is 39.2. The molecule has 0 bridgehead atoms. The zero-order chi connectivity index (χ0) is 52.2. The van der Waals surface area contributed by atoms with Crippen molar-refractivity contribution in [3.8, 4) is 72.4 Å². The highest BCUT2D eigenvalue weighted by Crippen LogP contribution is 2.46. The van der Waals surface area contributed by atoms with Gasteiger partial charge in [0.2, 0.25) is 0 Å². The Hall–Kier alpha value is -10.5. The number of fused-ring (bicyclic) bond motifs is 7. The SMILES string of the molecule is c1ccc(-c2ccc(N(c3ccc(-c4ccc(-c5ccccc5-n5c6cccc(-c7cccc8ccccc78)c6c6cccc(-c7ccccc7)c65)cc4)cc3)c3ccc(-c4cccc5c4oc4ccccc45)cc3)cc2)cc1. The minimum Gasteiger partial charge on any atom is -0.455 e. The van der Waals surface area contributed by atoms with Crippen molar-refractivity contribution in [1.82, 2.24) is 4.57 Å². The third-order valence-corrected chi connectivity index (χ3v) is 15.9. The summed E-state index contributed by atoms with van der Waals surface area (Å²) in [5.41, 5.74) is 22.5. The number of furan rings is 1. The molecule has 0 aliphatic carbocycles. The summed E-state index contributed by atoms with van der Waals surface area (Å²) < 4.78 is 8.97. The van der Waals surface area contributed by atoms with Crippen LogP contribution >= 0.6 is 0 Å². The van der Waals surface area contributed by atoms with Gasteiger partial charge in [0.15, 0.2) is 0 Å². The van der Waals surface area contributed by atoms with Crippen molar-refractivity contribution in [1.29, 1.82) is 0 Å². The number of hydrogen-bond donors (Lipinski definition) is 0. The lowest BCUT2D eigenvalue weighted by Gasteiger charge is -2.26. The van der Waals surface area contributed by atoms with Gasteiger partial charge < -0.3 is 13.9 Å². The monoisotopic (exact) mass is 1010 g/mol. The predicted octanol–water partition coefficient (Wildman–Crippen LogP) is 21.3. The van der Waals surface area contributed by atoms with Crippen LogP contribution in [0.5, 0.6) is 0 Å². The highest BCUT2D eigenvalue weighted by molar-refractivity contribution is 6.21. The Bertz CT molecular complexity index is 4720. The van der Waals surface area contributed by atoms with Crippen molar-refractivity contribution in [3.05, 3.63) is 303 Å². The lowest BCUT2D eigenvalue weighted by atomic mass is 9.94. The number of hydrogen-bond acceptors (Lipinski definition) is 2. The Labute approximate surface area is 458 Å². The number of benzene rings is 13. The molecule has 0 amide bonds. The van der Waals surface area contributed by atoms with Gasteiger partial charge in [-0.25, -0.2) is 0 Å². The number of aromatic nitrogens is 1. The highest BCUT2D eigenvalue weighted by Gasteiger charge is 2.23. The summed E-state index contributed by atoms with van der Waals surface area (Å²) >= 11 is 0. The van der Waals surface area contributed by atoms with Crippen LogP contribution in [-0.4, -0.2) is 4.57 Å². The molecule has 3 heteroatoms. The van der Waals surface area contributed by atoms with Crippen LogP contribution in [0.2, 0.25) is 0 Å². The number of nitrogens with zero attached hydrogens (tertiary/aromatic N) is 2. The molecule has 3 nitrogen and oxygen atoms in total. The van der Waals surface area contributed by atoms with E-state index in [2.05, 4.69) is 301 Å². The molecule has 0 spiro atoms. The molecule has 0 saturated carbocycles. The Balaban J connectivity index is 0.799. The first-order valence-electron chi connectivity index (χ1n) is 27.1. The van der Waals surface area contributed by atoms with Gasteiger partial charge in [-0.3, -0.25) is 0 Å². The third-order valence-electron chi connectivity index (χ3n) is 15.9. The summed E-state index contributed by atoms with van der Waals surface area (Å²) in [4.78, 5) is 2.34. The van der Waals surface area contributed by atoms with Crippen molar-refractivity contribution < 1.29 is 4.42 Å². The van der Waals surface area contributed by atoms with Crippen molar-refractivity contribution >= 4 is 71.6 Å². The summed E-state index contributed by atoms with van der Waals surface area (Å²) in [6, 6.07) is 110. The second-order valence-electron chi connectivity index (χ2n) is 20.3. The summed E-state index contributed by atoms with van der Waals surface area (Å²) in [5, 5.41) is 7.21. The van der Waals surface area contributed by atoms with Gasteiger partial charge in [-0.05, 0) is 115 Å². The molecule has 0 aliphatic heterocycles. The van der Waals surface area contributed by atoms with Crippen LogP contribution in [0.4, 0.5) is 17.1 Å². The van der Waals surface area contributed by atoms with Gasteiger partial charge in [0, 0.05) is 55.3 Å². The molecule has 15 rings (SSSR count). The Morgan fingerprint density at radius 2 is 0.696 bits per heavy atom. The van der Waals surface area contributed by atoms with E-state index in [9.17, 15) is 0 Å². The zero-order valence-corrected chi connectivity index (χ0v) is 43.2. The van der Waals surface area contributed by atoms with Crippen LogP contribution in [-0.2, 0) is 0 Å². The molecule has 0 atom stereocenters. The molecule has 370 valence electrons. The lowest BCUT2D eigenvalue weighted by Crippen LogP contribution is -2.09. The maximum absolute atomic E-state index is 6.46. The molecule has 2 heterocycles. The third kappa shape index (κ3) is 7.99. The number of rotatable bonds is 10. The van der Waals surface area contributed by atoms with E-state index in [1.807, 2.05) is 12.1 Å². The van der Waals surface area contributed by atoms with E-state index in [-0.39, 0.29) is 0 Å². The summed E-state index contributed by atoms with van der Waals surface area (Å²) in [6.07, 6.45) is 0. The lowest BCUT2D eigenvalue weighted by molar-refractivity contribution is 0.670. The van der Waals surface area contributed by atoms with E-state index in [0.717, 1.165) is 78.1 Å². The molecule has 79 heavy (non-hydrogen) atoms. The van der Waals surface area contributed by atoms with E-state index in [1.165, 1.54) is 66.0 Å². The zero-order valence-electron chi connectivity index (χ0n) is 43.2. The summed E-state index contributed by atoms with van der Waals surface area (Å²) in [5.74, 6) is 0. The van der Waals surface area contributed by atoms with E-state index < -0.39 is 0 Å². The molecule has 0 unspecified atom stereocenters. The van der Waals surface area contributed by atoms with E-state index >= 15 is 0 Å². The molecule has 2 aromatic heterocycles. The first-order valence-corrected chi connectivity index (χ1v) is 27.1. The van der Waals surface area contributed by atoms with E-state index in [0.29, 0.717) is 0 Å². The smallest absolute Gasteiger partial charge is 0.143 e. The van der Waals surface area contributed by atoms with Crippen molar-refractivity contribution in [2.24, 2.45) is 0 Å². The van der Waals surface area contributed by atoms with Crippen molar-refractivity contribution in [2.45, 2.75) is 0 Å². The van der Waals surface area contributed by atoms with Gasteiger partial charge in [0.25, 0.3) is 0 Å². The predicted molar refractivity (Wildman–Crippen MR) is 333 cm³/mol. The Kier molecular flexibility index (Phi) is 11.2. The van der Waals surface area contributed by atoms with Gasteiger partial charge in [0.1, 0.15) is 11.2 Å². The normalized spacial score (nSPS) is 11.5. The van der Waals surface area contributed by atoms with Gasteiger partial charge >= 0.3 is 0 Å². The van der Waals surface area contributed by atoms with Crippen LogP contribution in [0.1, 0.15) is 0 Å². The van der Waals surface area contributed by atoms with Crippen LogP contribution in [0.3, 0.4) is 0 Å². The standard InChI is InChI=1S/C76H50N2O/c1-3-17-51(18-4-1)53-39-45-59(46-40-53)77(61-49-43-58(44-50-61)65-27-15-30-69-67-25-10-12-34-73(67)79-76(65)69)60-47-41-54(42-48-60)52-35-37-57(38-36-52)63-24-9-11-32-71(63)78-72-33-16-29-68(66-28-13-22-55-21-7-8-23-62(55)66)74(72)70-31-14-26-64(75(70)78)56-19-5-2-6-20-56/h1-50H. The van der Waals surface area contributed by atoms with Crippen molar-refractivity contribution in [2.75, 3.05) is 4.90 Å². The van der Waals surface area contributed by atoms with E-state index in [1.54, 1.807) is 0 Å². The second kappa shape index (κ2) is 19.3. The minimum absolute atomic E-state index is 0.900. The van der Waals surface area contributed by atoms with Gasteiger partial charge in [0.05, 0.1) is 16.7 Å². The maximum atomic E-state index is 6.46. The Morgan fingerprint density at radius 3 is 1.41 bits per heavy atom. The molecule has 0 radical (unpaired) electrons. The van der Waals surface area contributed by atoms with Crippen LogP contribution in [0, 0.1) is 0 Å². The second-order valence-corrected chi connectivity index (χ2v) is 20.3. The number of anilines is 3. The molecule has 0 saturated heterocycles. The fourth-order valence-corrected chi connectivity index (χ4v) is 12.1. The van der Waals surface area contributed by atoms with Gasteiger partial charge in [-0.2, -0.15) is 0 Å². The van der Waals surface area contributed by atoms with Gasteiger partial charge in [-0.15, -0.1) is 0 Å². The molecule has 0 N–H and O–H groups in total. The molecule has 0 aliphatic rings. The maximum Gasteiger partial charge on any atom is 0.143 e. The average molecular weight is 1010 g/mol. The fourth-order valence-electron chi connectivity index (χ4n) is 12.1. The molecular formula is C76H50N2O. The summed E-state index contributed by atoms with van der Waals surface area (Å²) in [6.45, 7) is 0. The Morgan fingerprint density at radius 1 is 0.266 bits per heavy atom. The first kappa shape index (κ1) is 45.9. The molecule has 13 aromatic carbocycles. The highest BCUT2D eigenvalue weighted by atomic mass is 16.3. The molecule has 15 aromatic rings. The fraction of sp³-hybridized carbons (Fsp3) is 0.